The van der Waals surface area contributed by atoms with Crippen molar-refractivity contribution in [3.63, 3.8) is 0 Å². The fourth-order valence-corrected chi connectivity index (χ4v) is 5.34. The standard InChI is InChI=1S/C24H18O2S2/c25-21-19-13-7-8-14-20(19)22(26)24(28-16-18-11-5-2-6-12-18)23(21)27-15-17-9-3-1-4-10-17/h1-14H,15-16H2. The molecule has 0 N–H and O–H groups in total. The highest BCUT2D eigenvalue weighted by Crippen LogP contribution is 2.40. The van der Waals surface area contributed by atoms with Gasteiger partial charge in [-0.05, 0) is 11.1 Å². The van der Waals surface area contributed by atoms with Gasteiger partial charge >= 0.3 is 0 Å². The molecule has 1 aliphatic carbocycles. The number of benzene rings is 3. The van der Waals surface area contributed by atoms with E-state index < -0.39 is 0 Å². The molecule has 0 unspecified atom stereocenters. The average molecular weight is 403 g/mol. The summed E-state index contributed by atoms with van der Waals surface area (Å²) in [5.74, 6) is 1.22. The van der Waals surface area contributed by atoms with Crippen LogP contribution in [0.2, 0.25) is 0 Å². The largest absolute Gasteiger partial charge is 0.288 e. The third-order valence-electron chi connectivity index (χ3n) is 4.49. The molecule has 4 rings (SSSR count). The van der Waals surface area contributed by atoms with E-state index in [1.807, 2.05) is 72.8 Å². The van der Waals surface area contributed by atoms with Gasteiger partial charge in [0.05, 0.1) is 9.81 Å². The molecule has 28 heavy (non-hydrogen) atoms. The van der Waals surface area contributed by atoms with Crippen molar-refractivity contribution < 1.29 is 9.59 Å². The maximum Gasteiger partial charge on any atom is 0.201 e. The molecule has 138 valence electrons. The van der Waals surface area contributed by atoms with Crippen LogP contribution in [0, 0.1) is 0 Å². The SMILES string of the molecule is O=C1C(SCc2ccccc2)=C(SCc2ccccc2)C(=O)c2ccccc21. The molecule has 0 atom stereocenters. The van der Waals surface area contributed by atoms with E-state index in [2.05, 4.69) is 0 Å². The van der Waals surface area contributed by atoms with Crippen molar-refractivity contribution in [2.45, 2.75) is 11.5 Å². The third-order valence-corrected chi connectivity index (χ3v) is 6.93. The minimum Gasteiger partial charge on any atom is -0.288 e. The zero-order chi connectivity index (χ0) is 19.3. The van der Waals surface area contributed by atoms with Gasteiger partial charge in [0.15, 0.2) is 0 Å². The van der Waals surface area contributed by atoms with Crippen LogP contribution in [0.15, 0.2) is 94.7 Å². The number of hydrogen-bond donors (Lipinski definition) is 0. The quantitative estimate of drug-likeness (QED) is 0.496. The molecule has 0 aliphatic heterocycles. The summed E-state index contributed by atoms with van der Waals surface area (Å²) in [6.07, 6.45) is 0. The second-order valence-electron chi connectivity index (χ2n) is 6.41. The maximum absolute atomic E-state index is 13.2. The maximum atomic E-state index is 13.2. The molecule has 0 spiro atoms. The van der Waals surface area contributed by atoms with Crippen molar-refractivity contribution in [1.82, 2.24) is 0 Å². The van der Waals surface area contributed by atoms with E-state index in [4.69, 9.17) is 0 Å². The molecular formula is C24H18O2S2. The van der Waals surface area contributed by atoms with Crippen molar-refractivity contribution in [1.29, 1.82) is 0 Å². The monoisotopic (exact) mass is 402 g/mol. The van der Waals surface area contributed by atoms with Crippen LogP contribution >= 0.6 is 23.5 Å². The lowest BCUT2D eigenvalue weighted by molar-refractivity contribution is 0.0988. The van der Waals surface area contributed by atoms with E-state index in [1.54, 1.807) is 12.1 Å². The van der Waals surface area contributed by atoms with Crippen LogP contribution < -0.4 is 0 Å². The van der Waals surface area contributed by atoms with Gasteiger partial charge in [-0.25, -0.2) is 0 Å². The number of thioether (sulfide) groups is 2. The highest BCUT2D eigenvalue weighted by Gasteiger charge is 2.32. The Morgan fingerprint density at radius 2 is 0.857 bits per heavy atom. The van der Waals surface area contributed by atoms with Gasteiger partial charge in [-0.15, -0.1) is 23.5 Å². The molecule has 0 bridgehead atoms. The molecule has 3 aromatic carbocycles. The third kappa shape index (κ3) is 3.98. The topological polar surface area (TPSA) is 34.1 Å². The molecule has 2 nitrogen and oxygen atoms in total. The first-order valence-corrected chi connectivity index (χ1v) is 11.0. The second kappa shape index (κ2) is 8.63. The predicted octanol–water partition coefficient (Wildman–Crippen LogP) is 6.14. The molecular weight excluding hydrogens is 384 g/mol. The van der Waals surface area contributed by atoms with Crippen LogP contribution in [0.25, 0.3) is 0 Å². The van der Waals surface area contributed by atoms with Gasteiger partial charge < -0.3 is 0 Å². The number of hydrogen-bond acceptors (Lipinski definition) is 4. The van der Waals surface area contributed by atoms with E-state index in [0.717, 1.165) is 11.1 Å². The van der Waals surface area contributed by atoms with Crippen LogP contribution in [0.1, 0.15) is 31.8 Å². The number of fused-ring (bicyclic) bond motifs is 1. The second-order valence-corrected chi connectivity index (χ2v) is 8.38. The lowest BCUT2D eigenvalue weighted by Crippen LogP contribution is -2.19. The number of carbonyl (C=O) groups is 2. The van der Waals surface area contributed by atoms with E-state index in [9.17, 15) is 9.59 Å². The summed E-state index contributed by atoms with van der Waals surface area (Å²) in [5.41, 5.74) is 3.28. The Kier molecular flexibility index (Phi) is 5.79. The molecule has 4 heteroatoms. The molecule has 0 saturated heterocycles. The number of Topliss-reactive ketones (excluding diaryl/α,β-unsaturated/α-hetero) is 2. The van der Waals surface area contributed by atoms with Gasteiger partial charge in [0, 0.05) is 22.6 Å². The van der Waals surface area contributed by atoms with Gasteiger partial charge in [-0.3, -0.25) is 9.59 Å². The first-order valence-electron chi connectivity index (χ1n) is 9.00. The summed E-state index contributed by atoms with van der Waals surface area (Å²) < 4.78 is 0. The smallest absolute Gasteiger partial charge is 0.201 e. The summed E-state index contributed by atoms with van der Waals surface area (Å²) in [5, 5.41) is 0. The number of rotatable bonds is 6. The van der Waals surface area contributed by atoms with E-state index in [1.165, 1.54) is 23.5 Å². The lowest BCUT2D eigenvalue weighted by atomic mass is 9.94. The van der Waals surface area contributed by atoms with Crippen molar-refractivity contribution in [3.05, 3.63) is 117 Å². The van der Waals surface area contributed by atoms with Gasteiger partial charge in [0.1, 0.15) is 0 Å². The highest BCUT2D eigenvalue weighted by atomic mass is 32.2. The van der Waals surface area contributed by atoms with Gasteiger partial charge in [-0.2, -0.15) is 0 Å². The summed E-state index contributed by atoms with van der Waals surface area (Å²) >= 11 is 2.92. The number of allylic oxidation sites excluding steroid dienone is 2. The Bertz CT molecular complexity index is 956. The normalized spacial score (nSPS) is 13.6. The van der Waals surface area contributed by atoms with Gasteiger partial charge in [0.25, 0.3) is 0 Å². The fourth-order valence-electron chi connectivity index (χ4n) is 3.05. The van der Waals surface area contributed by atoms with Crippen LogP contribution in [-0.2, 0) is 11.5 Å². The van der Waals surface area contributed by atoms with E-state index in [0.29, 0.717) is 32.4 Å². The summed E-state index contributed by atoms with van der Waals surface area (Å²) in [4.78, 5) is 27.4. The summed E-state index contributed by atoms with van der Waals surface area (Å²) in [6, 6.07) is 27.1. The fraction of sp³-hybridized carbons (Fsp3) is 0.0833. The Hall–Kier alpha value is -2.56. The number of ketones is 2. The molecule has 0 saturated carbocycles. The minimum atomic E-state index is -0.0494. The van der Waals surface area contributed by atoms with Crippen molar-refractivity contribution in [3.8, 4) is 0 Å². The average Bonchev–Trinajstić information content (AvgIpc) is 2.76. The molecule has 0 heterocycles. The predicted molar refractivity (Wildman–Crippen MR) is 118 cm³/mol. The summed E-state index contributed by atoms with van der Waals surface area (Å²) in [6.45, 7) is 0. The molecule has 0 aromatic heterocycles. The first-order chi connectivity index (χ1) is 13.7. The summed E-state index contributed by atoms with van der Waals surface area (Å²) in [7, 11) is 0. The Morgan fingerprint density at radius 3 is 1.25 bits per heavy atom. The van der Waals surface area contributed by atoms with Crippen LogP contribution in [-0.4, -0.2) is 11.6 Å². The molecule has 0 amide bonds. The van der Waals surface area contributed by atoms with Gasteiger partial charge in [0.2, 0.25) is 11.6 Å². The van der Waals surface area contributed by atoms with Crippen molar-refractivity contribution >= 4 is 35.1 Å². The van der Waals surface area contributed by atoms with E-state index in [-0.39, 0.29) is 11.6 Å². The Labute approximate surface area is 173 Å². The Morgan fingerprint density at radius 1 is 0.500 bits per heavy atom. The lowest BCUT2D eigenvalue weighted by Gasteiger charge is -2.20. The number of carbonyl (C=O) groups excluding carboxylic acids is 2. The van der Waals surface area contributed by atoms with Crippen LogP contribution in [0.4, 0.5) is 0 Å². The Balaban J connectivity index is 1.66. The van der Waals surface area contributed by atoms with Crippen LogP contribution in [0.3, 0.4) is 0 Å². The van der Waals surface area contributed by atoms with Crippen LogP contribution in [0.5, 0.6) is 0 Å². The molecule has 0 radical (unpaired) electrons. The molecule has 0 fully saturated rings. The zero-order valence-corrected chi connectivity index (χ0v) is 16.8. The zero-order valence-electron chi connectivity index (χ0n) is 15.1. The van der Waals surface area contributed by atoms with E-state index >= 15 is 0 Å². The van der Waals surface area contributed by atoms with Crippen molar-refractivity contribution in [2.24, 2.45) is 0 Å². The first kappa shape index (κ1) is 18.8. The molecule has 3 aromatic rings. The highest BCUT2D eigenvalue weighted by molar-refractivity contribution is 8.07. The van der Waals surface area contributed by atoms with Crippen molar-refractivity contribution in [2.75, 3.05) is 0 Å². The minimum absolute atomic E-state index is 0.0494. The molecule has 1 aliphatic rings. The van der Waals surface area contributed by atoms with Gasteiger partial charge in [-0.1, -0.05) is 84.9 Å².